The van der Waals surface area contributed by atoms with Crippen LogP contribution in [-0.4, -0.2) is 0 Å². The largest absolute Gasteiger partial charge is 0.0616 e. The molecular weight excluding hydrogens is 733 g/mol. The van der Waals surface area contributed by atoms with E-state index in [-0.39, 0.29) is 0 Å². The molecule has 61 heavy (non-hydrogen) atoms. The second-order valence-corrected chi connectivity index (χ2v) is 16.6. The van der Waals surface area contributed by atoms with E-state index in [2.05, 4.69) is 238 Å². The van der Waals surface area contributed by atoms with Gasteiger partial charge in [0.1, 0.15) is 0 Å². The van der Waals surface area contributed by atoms with Gasteiger partial charge in [0.2, 0.25) is 0 Å². The third-order valence-electron chi connectivity index (χ3n) is 12.6. The molecule has 0 saturated carbocycles. The molecule has 0 radical (unpaired) electrons. The highest BCUT2D eigenvalue weighted by atomic mass is 14.2. The highest BCUT2D eigenvalue weighted by Crippen LogP contribution is 2.46. The van der Waals surface area contributed by atoms with Gasteiger partial charge in [-0.15, -0.1) is 0 Å². The molecule has 0 N–H and O–H groups in total. The second-order valence-electron chi connectivity index (χ2n) is 16.6. The fourth-order valence-electron chi connectivity index (χ4n) is 9.54. The Hall–Kier alpha value is -7.54. The predicted molar refractivity (Wildman–Crippen MR) is 263 cm³/mol. The van der Waals surface area contributed by atoms with Crippen LogP contribution in [0.15, 0.2) is 224 Å². The van der Waals surface area contributed by atoms with E-state index in [0.29, 0.717) is 5.92 Å². The van der Waals surface area contributed by atoms with Crippen LogP contribution in [0.2, 0.25) is 0 Å². The molecule has 0 atom stereocenters. The standard InChI is InChI=1S/C61H44/c1-40(2)45-18-11-21-50(36-45)60-55-23-7-9-25-57(55)61(58-26-10-8-24-56(58)60)51-34-35-54(49-33-30-41-14-3-4-16-46(41)38-49)59(39-51)44-31-28-42(29-32-44)47-19-12-20-48(37-47)53-27-13-17-43-15-5-6-22-52(43)53/h3-40H,1-2H3. The van der Waals surface area contributed by atoms with Gasteiger partial charge in [0.05, 0.1) is 0 Å². The highest BCUT2D eigenvalue weighted by Gasteiger charge is 2.19. The summed E-state index contributed by atoms with van der Waals surface area (Å²) < 4.78 is 0. The van der Waals surface area contributed by atoms with E-state index in [9.17, 15) is 0 Å². The van der Waals surface area contributed by atoms with Gasteiger partial charge in [-0.05, 0) is 140 Å². The smallest absolute Gasteiger partial charge is 0.00261 e. The zero-order valence-corrected chi connectivity index (χ0v) is 34.4. The summed E-state index contributed by atoms with van der Waals surface area (Å²) in [6, 6.07) is 83.1. The van der Waals surface area contributed by atoms with Crippen LogP contribution < -0.4 is 0 Å². The first-order chi connectivity index (χ1) is 30.1. The van der Waals surface area contributed by atoms with Gasteiger partial charge in [-0.1, -0.05) is 220 Å². The van der Waals surface area contributed by atoms with Gasteiger partial charge < -0.3 is 0 Å². The normalized spacial score (nSPS) is 11.6. The monoisotopic (exact) mass is 776 g/mol. The average molecular weight is 777 g/mol. The molecule has 11 aromatic carbocycles. The lowest BCUT2D eigenvalue weighted by Crippen LogP contribution is -1.94. The Labute approximate surface area is 358 Å². The summed E-state index contributed by atoms with van der Waals surface area (Å²) in [7, 11) is 0. The van der Waals surface area contributed by atoms with Gasteiger partial charge in [0.25, 0.3) is 0 Å². The van der Waals surface area contributed by atoms with Gasteiger partial charge in [-0.2, -0.15) is 0 Å². The van der Waals surface area contributed by atoms with Crippen LogP contribution in [-0.2, 0) is 0 Å². The van der Waals surface area contributed by atoms with Gasteiger partial charge in [0, 0.05) is 0 Å². The summed E-state index contributed by atoms with van der Waals surface area (Å²) in [4.78, 5) is 0. The molecule has 0 aliphatic carbocycles. The van der Waals surface area contributed by atoms with Crippen molar-refractivity contribution in [3.63, 3.8) is 0 Å². The lowest BCUT2D eigenvalue weighted by atomic mass is 9.83. The van der Waals surface area contributed by atoms with E-state index >= 15 is 0 Å². The van der Waals surface area contributed by atoms with Crippen LogP contribution in [0.3, 0.4) is 0 Å². The predicted octanol–water partition coefficient (Wildman–Crippen LogP) is 17.4. The minimum atomic E-state index is 0.450. The summed E-state index contributed by atoms with van der Waals surface area (Å²) in [5.41, 5.74) is 16.1. The zero-order chi connectivity index (χ0) is 40.9. The summed E-state index contributed by atoms with van der Waals surface area (Å²) in [6.45, 7) is 4.55. The second kappa shape index (κ2) is 15.2. The van der Waals surface area contributed by atoms with Crippen LogP contribution in [0.4, 0.5) is 0 Å². The topological polar surface area (TPSA) is 0 Å². The number of rotatable bonds is 7. The minimum Gasteiger partial charge on any atom is -0.0616 e. The molecule has 0 heterocycles. The molecular formula is C61H44. The third kappa shape index (κ3) is 6.58. The van der Waals surface area contributed by atoms with E-state index in [0.717, 1.165) is 0 Å². The van der Waals surface area contributed by atoms with Crippen LogP contribution in [0, 0.1) is 0 Å². The number of benzene rings is 11. The summed E-state index contributed by atoms with van der Waals surface area (Å²) >= 11 is 0. The third-order valence-corrected chi connectivity index (χ3v) is 12.6. The average Bonchev–Trinajstić information content (AvgIpc) is 3.33. The molecule has 0 aromatic heterocycles. The van der Waals surface area contributed by atoms with Crippen molar-refractivity contribution in [2.24, 2.45) is 0 Å². The number of fused-ring (bicyclic) bond motifs is 4. The Morgan fingerprint density at radius 2 is 0.738 bits per heavy atom. The van der Waals surface area contributed by atoms with Crippen LogP contribution in [0.1, 0.15) is 25.3 Å². The number of hydrogen-bond donors (Lipinski definition) is 0. The van der Waals surface area contributed by atoms with Crippen molar-refractivity contribution < 1.29 is 0 Å². The van der Waals surface area contributed by atoms with E-state index in [1.807, 2.05) is 0 Å². The SMILES string of the molecule is CC(C)c1cccc(-c2c3ccccc3c(-c3ccc(-c4ccc5ccccc5c4)c(-c4ccc(-c5cccc(-c6cccc7ccccc67)c5)cc4)c3)c3ccccc23)c1. The van der Waals surface area contributed by atoms with Gasteiger partial charge in [-0.25, -0.2) is 0 Å². The highest BCUT2D eigenvalue weighted by molar-refractivity contribution is 6.21. The molecule has 11 aromatic rings. The maximum atomic E-state index is 2.44. The van der Waals surface area contributed by atoms with Crippen molar-refractivity contribution in [3.05, 3.63) is 230 Å². The zero-order valence-electron chi connectivity index (χ0n) is 34.4. The van der Waals surface area contributed by atoms with Crippen LogP contribution in [0.5, 0.6) is 0 Å². The Bertz CT molecular complexity index is 3380. The summed E-state index contributed by atoms with van der Waals surface area (Å²) in [5.74, 6) is 0.450. The lowest BCUT2D eigenvalue weighted by Gasteiger charge is -2.20. The van der Waals surface area contributed by atoms with Crippen molar-refractivity contribution >= 4 is 43.1 Å². The van der Waals surface area contributed by atoms with E-state index < -0.39 is 0 Å². The molecule has 0 amide bonds. The molecule has 11 rings (SSSR count). The van der Waals surface area contributed by atoms with Gasteiger partial charge in [-0.3, -0.25) is 0 Å². The fourth-order valence-corrected chi connectivity index (χ4v) is 9.54. The first-order valence-electron chi connectivity index (χ1n) is 21.4. The molecule has 0 aliphatic heterocycles. The minimum absolute atomic E-state index is 0.450. The molecule has 0 unspecified atom stereocenters. The molecule has 0 heteroatoms. The molecule has 0 nitrogen and oxygen atoms in total. The summed E-state index contributed by atoms with van der Waals surface area (Å²) in [5, 5.41) is 10.1. The number of hydrogen-bond acceptors (Lipinski definition) is 0. The lowest BCUT2D eigenvalue weighted by molar-refractivity contribution is 0.867. The Morgan fingerprint density at radius 3 is 1.44 bits per heavy atom. The van der Waals surface area contributed by atoms with E-state index in [1.54, 1.807) is 0 Å². The fraction of sp³-hybridized carbons (Fsp3) is 0.0492. The quantitative estimate of drug-likeness (QED) is 0.141. The molecule has 0 spiro atoms. The molecule has 288 valence electrons. The Balaban J connectivity index is 1.08. The van der Waals surface area contributed by atoms with Crippen molar-refractivity contribution in [3.8, 4) is 66.8 Å². The maximum Gasteiger partial charge on any atom is -0.00261 e. The Morgan fingerprint density at radius 1 is 0.246 bits per heavy atom. The molecule has 0 fully saturated rings. The van der Waals surface area contributed by atoms with E-state index in [4.69, 9.17) is 0 Å². The first-order valence-corrected chi connectivity index (χ1v) is 21.4. The van der Waals surface area contributed by atoms with Crippen molar-refractivity contribution in [1.82, 2.24) is 0 Å². The van der Waals surface area contributed by atoms with Crippen molar-refractivity contribution in [2.75, 3.05) is 0 Å². The van der Waals surface area contributed by atoms with Gasteiger partial charge >= 0.3 is 0 Å². The first kappa shape index (κ1) is 36.5. The van der Waals surface area contributed by atoms with E-state index in [1.165, 1.54) is 115 Å². The van der Waals surface area contributed by atoms with Crippen molar-refractivity contribution in [2.45, 2.75) is 19.8 Å². The molecule has 0 aliphatic rings. The van der Waals surface area contributed by atoms with Crippen LogP contribution in [0.25, 0.3) is 110 Å². The van der Waals surface area contributed by atoms with Gasteiger partial charge in [0.15, 0.2) is 0 Å². The van der Waals surface area contributed by atoms with Crippen molar-refractivity contribution in [1.29, 1.82) is 0 Å². The maximum absolute atomic E-state index is 2.44. The Kier molecular flexibility index (Phi) is 9.13. The molecule has 0 saturated heterocycles. The van der Waals surface area contributed by atoms with Crippen LogP contribution >= 0.6 is 0 Å². The summed E-state index contributed by atoms with van der Waals surface area (Å²) in [6.07, 6.45) is 0. The molecule has 0 bridgehead atoms.